The average molecular weight is 499 g/mol. The number of benzene rings is 2. The Bertz CT molecular complexity index is 1180. The first-order chi connectivity index (χ1) is 15.8. The van der Waals surface area contributed by atoms with Crippen molar-refractivity contribution in [2.45, 2.75) is 13.0 Å². The summed E-state index contributed by atoms with van der Waals surface area (Å²) in [5.74, 6) is -1.01. The molecule has 7 nitrogen and oxygen atoms in total. The van der Waals surface area contributed by atoms with Crippen LogP contribution >= 0.6 is 11.6 Å². The monoisotopic (exact) mass is 498 g/mol. The molecule has 0 unspecified atom stereocenters. The largest absolute Gasteiger partial charge is 0.415 e. The average Bonchev–Trinajstić information content (AvgIpc) is 3.29. The molecule has 1 aromatic heterocycles. The Morgan fingerprint density at radius 2 is 1.94 bits per heavy atom. The van der Waals surface area contributed by atoms with Crippen LogP contribution in [0.25, 0.3) is 11.5 Å². The van der Waals surface area contributed by atoms with E-state index >= 15 is 0 Å². The number of nitrogens with zero attached hydrogens (tertiary/aromatic N) is 4. The summed E-state index contributed by atoms with van der Waals surface area (Å²) in [6.45, 7) is 0.540. The van der Waals surface area contributed by atoms with Crippen LogP contribution in [-0.4, -0.2) is 49.9 Å². The van der Waals surface area contributed by atoms with E-state index in [0.717, 1.165) is 6.07 Å². The molecule has 0 spiro atoms. The minimum atomic E-state index is -2.93. The van der Waals surface area contributed by atoms with Gasteiger partial charge in [-0.05, 0) is 30.3 Å². The Labute approximate surface area is 194 Å². The minimum absolute atomic E-state index is 0.114. The van der Waals surface area contributed by atoms with Crippen molar-refractivity contribution in [3.63, 3.8) is 0 Å². The van der Waals surface area contributed by atoms with Gasteiger partial charge in [0.15, 0.2) is 0 Å². The molecule has 1 fully saturated rings. The zero-order valence-electron chi connectivity index (χ0n) is 17.1. The molecule has 1 saturated heterocycles. The van der Waals surface area contributed by atoms with Gasteiger partial charge in [0, 0.05) is 57.2 Å². The van der Waals surface area contributed by atoms with Gasteiger partial charge in [-0.25, -0.2) is 9.18 Å². The second kappa shape index (κ2) is 9.92. The van der Waals surface area contributed by atoms with E-state index in [1.165, 1.54) is 17.0 Å². The van der Waals surface area contributed by atoms with Crippen molar-refractivity contribution in [1.82, 2.24) is 15.1 Å². The van der Waals surface area contributed by atoms with Gasteiger partial charge in [-0.1, -0.05) is 23.7 Å². The van der Waals surface area contributed by atoms with Crippen molar-refractivity contribution >= 4 is 34.1 Å². The molecule has 2 amide bonds. The summed E-state index contributed by atoms with van der Waals surface area (Å²) in [5.41, 5.74) is 0.789. The Hall–Kier alpha value is -2.92. The standard InChI is InChI=1S/C21H18ClF3N4O3S/c22-15-2-1-3-16(11-15)29(21(30)28-6-8-33(31)9-7-28)12-14-5-4-13(10-17(14)23)19-26-27-20(32-19)18(24)25/h1-5,10-11,18H,6-9,12H2. The smallest absolute Gasteiger partial charge is 0.324 e. The summed E-state index contributed by atoms with van der Waals surface area (Å²) >= 11 is 6.10. The van der Waals surface area contributed by atoms with Crippen LogP contribution in [0.4, 0.5) is 23.7 Å². The molecule has 12 heteroatoms. The maximum atomic E-state index is 15.0. The second-order valence-electron chi connectivity index (χ2n) is 7.24. The maximum absolute atomic E-state index is 15.0. The van der Waals surface area contributed by atoms with Gasteiger partial charge in [-0.3, -0.25) is 9.11 Å². The van der Waals surface area contributed by atoms with E-state index in [9.17, 15) is 22.2 Å². The molecular weight excluding hydrogens is 481 g/mol. The molecule has 3 aromatic rings. The number of halogens is 4. The van der Waals surface area contributed by atoms with Crippen LogP contribution in [0.15, 0.2) is 46.9 Å². The van der Waals surface area contributed by atoms with Crippen LogP contribution in [0.5, 0.6) is 0 Å². The Morgan fingerprint density at radius 3 is 2.58 bits per heavy atom. The predicted molar refractivity (Wildman–Crippen MR) is 117 cm³/mol. The number of carbonyl (C=O) groups excluding carboxylic acids is 1. The lowest BCUT2D eigenvalue weighted by atomic mass is 10.1. The van der Waals surface area contributed by atoms with Crippen molar-refractivity contribution in [2.75, 3.05) is 29.5 Å². The van der Waals surface area contributed by atoms with E-state index in [4.69, 9.17) is 16.0 Å². The van der Waals surface area contributed by atoms with E-state index in [2.05, 4.69) is 10.2 Å². The fourth-order valence-electron chi connectivity index (χ4n) is 3.33. The third-order valence-corrected chi connectivity index (χ3v) is 6.57. The SMILES string of the molecule is O=C(N1CCS(=O)CC1)N(Cc1ccc(-c2nnc(C(F)F)o2)cc1F)c1cccc(Cl)c1. The summed E-state index contributed by atoms with van der Waals surface area (Å²) in [5, 5.41) is 7.17. The first kappa shape index (κ1) is 23.2. The van der Waals surface area contributed by atoms with Crippen molar-refractivity contribution < 1.29 is 26.6 Å². The number of hydrogen-bond acceptors (Lipinski definition) is 5. The fourth-order valence-corrected chi connectivity index (χ4v) is 4.57. The van der Waals surface area contributed by atoms with Gasteiger partial charge >= 0.3 is 12.5 Å². The molecule has 0 N–H and O–H groups in total. The maximum Gasteiger partial charge on any atom is 0.324 e. The lowest BCUT2D eigenvalue weighted by Crippen LogP contribution is -2.48. The molecule has 1 aliphatic heterocycles. The molecule has 1 aliphatic rings. The minimum Gasteiger partial charge on any atom is -0.415 e. The quantitative estimate of drug-likeness (QED) is 0.511. The normalized spacial score (nSPS) is 14.6. The van der Waals surface area contributed by atoms with Gasteiger partial charge in [0.25, 0.3) is 5.89 Å². The lowest BCUT2D eigenvalue weighted by Gasteiger charge is -2.33. The Balaban J connectivity index is 1.61. The molecule has 33 heavy (non-hydrogen) atoms. The summed E-state index contributed by atoms with van der Waals surface area (Å²) in [4.78, 5) is 16.2. The zero-order valence-corrected chi connectivity index (χ0v) is 18.7. The first-order valence-corrected chi connectivity index (χ1v) is 11.8. The number of anilines is 1. The fraction of sp³-hybridized carbons (Fsp3) is 0.286. The summed E-state index contributed by atoms with van der Waals surface area (Å²) in [6.07, 6.45) is -2.93. The van der Waals surface area contributed by atoms with Crippen LogP contribution < -0.4 is 4.90 Å². The van der Waals surface area contributed by atoms with Crippen LogP contribution in [0.2, 0.25) is 5.02 Å². The molecule has 0 saturated carbocycles. The van der Waals surface area contributed by atoms with Crippen molar-refractivity contribution in [2.24, 2.45) is 0 Å². The number of carbonyl (C=O) groups is 1. The Morgan fingerprint density at radius 1 is 1.18 bits per heavy atom. The third kappa shape index (κ3) is 5.36. The summed E-state index contributed by atoms with van der Waals surface area (Å²) < 4.78 is 56.9. The molecule has 2 aromatic carbocycles. The molecular formula is C21H18ClF3N4O3S. The van der Waals surface area contributed by atoms with Crippen LogP contribution in [0.1, 0.15) is 17.9 Å². The lowest BCUT2D eigenvalue weighted by molar-refractivity contribution is 0.116. The van der Waals surface area contributed by atoms with Gasteiger partial charge in [0.2, 0.25) is 5.89 Å². The van der Waals surface area contributed by atoms with Gasteiger partial charge in [0.1, 0.15) is 5.82 Å². The zero-order chi connectivity index (χ0) is 23.5. The summed E-state index contributed by atoms with van der Waals surface area (Å²) in [6, 6.07) is 10.2. The highest BCUT2D eigenvalue weighted by Crippen LogP contribution is 2.27. The highest BCUT2D eigenvalue weighted by atomic mass is 35.5. The molecule has 4 rings (SSSR count). The highest BCUT2D eigenvalue weighted by Gasteiger charge is 2.27. The number of aromatic nitrogens is 2. The molecule has 174 valence electrons. The van der Waals surface area contributed by atoms with Crippen LogP contribution in [-0.2, 0) is 17.3 Å². The van der Waals surface area contributed by atoms with E-state index in [-0.39, 0.29) is 29.6 Å². The van der Waals surface area contributed by atoms with Crippen LogP contribution in [0, 0.1) is 5.82 Å². The molecule has 2 heterocycles. The van der Waals surface area contributed by atoms with E-state index < -0.39 is 28.9 Å². The van der Waals surface area contributed by atoms with E-state index in [0.29, 0.717) is 35.3 Å². The van der Waals surface area contributed by atoms with Gasteiger partial charge in [-0.2, -0.15) is 8.78 Å². The topological polar surface area (TPSA) is 79.5 Å². The number of alkyl halides is 2. The molecule has 0 aliphatic carbocycles. The van der Waals surface area contributed by atoms with Crippen molar-refractivity contribution in [1.29, 1.82) is 0 Å². The van der Waals surface area contributed by atoms with Crippen molar-refractivity contribution in [3.8, 4) is 11.5 Å². The highest BCUT2D eigenvalue weighted by molar-refractivity contribution is 7.85. The first-order valence-electron chi connectivity index (χ1n) is 9.89. The van der Waals surface area contributed by atoms with Crippen LogP contribution in [0.3, 0.4) is 0 Å². The third-order valence-electron chi connectivity index (χ3n) is 5.05. The number of amides is 2. The van der Waals surface area contributed by atoms with Gasteiger partial charge < -0.3 is 9.32 Å². The predicted octanol–water partition coefficient (Wildman–Crippen LogP) is 4.66. The van der Waals surface area contributed by atoms with Crippen molar-refractivity contribution in [3.05, 3.63) is 64.8 Å². The molecule has 0 radical (unpaired) electrons. The summed E-state index contributed by atoms with van der Waals surface area (Å²) in [7, 11) is -0.963. The Kier molecular flexibility index (Phi) is 6.99. The number of urea groups is 1. The van der Waals surface area contributed by atoms with Gasteiger partial charge in [0.05, 0.1) is 6.54 Å². The van der Waals surface area contributed by atoms with E-state index in [1.54, 1.807) is 29.2 Å². The van der Waals surface area contributed by atoms with Gasteiger partial charge in [-0.15, -0.1) is 10.2 Å². The number of hydrogen-bond donors (Lipinski definition) is 0. The second-order valence-corrected chi connectivity index (χ2v) is 9.37. The van der Waals surface area contributed by atoms with E-state index in [1.807, 2.05) is 0 Å². The number of rotatable bonds is 5. The molecule has 0 atom stereocenters. The molecule has 0 bridgehead atoms.